The van der Waals surface area contributed by atoms with E-state index in [-0.39, 0.29) is 5.91 Å². The molecule has 1 atom stereocenters. The quantitative estimate of drug-likeness (QED) is 0.700. The average molecular weight is 209 g/mol. The monoisotopic (exact) mass is 209 g/mol. The average Bonchev–Trinajstić information content (AvgIpc) is 2.37. The maximum atomic E-state index is 12.1. The molecular formula is C13H23NO. The van der Waals surface area contributed by atoms with Crippen molar-refractivity contribution in [1.29, 1.82) is 0 Å². The van der Waals surface area contributed by atoms with Crippen LogP contribution in [0.5, 0.6) is 0 Å². The molecule has 1 amide bonds. The van der Waals surface area contributed by atoms with Gasteiger partial charge in [-0.15, -0.1) is 0 Å². The second kappa shape index (κ2) is 5.34. The summed E-state index contributed by atoms with van der Waals surface area (Å²) in [6.07, 6.45) is 4.47. The van der Waals surface area contributed by atoms with Crippen molar-refractivity contribution < 1.29 is 4.79 Å². The number of likely N-dealkylation sites (N-methyl/N-ethyl adjacent to an activating group) is 1. The molecule has 1 unspecified atom stereocenters. The van der Waals surface area contributed by atoms with Crippen molar-refractivity contribution in [3.8, 4) is 0 Å². The van der Waals surface area contributed by atoms with Crippen molar-refractivity contribution in [1.82, 2.24) is 4.90 Å². The Kier molecular flexibility index (Phi) is 4.37. The van der Waals surface area contributed by atoms with Crippen molar-refractivity contribution in [2.45, 2.75) is 40.5 Å². The highest BCUT2D eigenvalue weighted by atomic mass is 16.2. The first kappa shape index (κ1) is 12.3. The zero-order chi connectivity index (χ0) is 11.4. The van der Waals surface area contributed by atoms with E-state index >= 15 is 0 Å². The Bertz CT molecular complexity index is 255. The molecule has 0 bridgehead atoms. The first-order valence-corrected chi connectivity index (χ1v) is 6.11. The number of allylic oxidation sites excluding steroid dienone is 1. The summed E-state index contributed by atoms with van der Waals surface area (Å²) in [4.78, 5) is 14.1. The third-order valence-electron chi connectivity index (χ3n) is 3.25. The van der Waals surface area contributed by atoms with Gasteiger partial charge in [0.1, 0.15) is 0 Å². The lowest BCUT2D eigenvalue weighted by Gasteiger charge is -2.21. The Morgan fingerprint density at radius 3 is 2.60 bits per heavy atom. The van der Waals surface area contributed by atoms with E-state index in [9.17, 15) is 4.79 Å². The first-order valence-electron chi connectivity index (χ1n) is 6.11. The van der Waals surface area contributed by atoms with E-state index in [0.29, 0.717) is 11.8 Å². The molecule has 0 N–H and O–H groups in total. The molecule has 0 fully saturated rings. The van der Waals surface area contributed by atoms with Crippen molar-refractivity contribution in [3.05, 3.63) is 11.6 Å². The molecule has 1 aliphatic rings. The van der Waals surface area contributed by atoms with Gasteiger partial charge in [0, 0.05) is 18.7 Å². The van der Waals surface area contributed by atoms with E-state index < -0.39 is 0 Å². The summed E-state index contributed by atoms with van der Waals surface area (Å²) >= 11 is 0. The summed E-state index contributed by atoms with van der Waals surface area (Å²) in [5, 5.41) is 0. The molecule has 1 rings (SSSR count). The van der Waals surface area contributed by atoms with Gasteiger partial charge in [-0.25, -0.2) is 0 Å². The van der Waals surface area contributed by atoms with Gasteiger partial charge in [-0.05, 0) is 31.6 Å². The van der Waals surface area contributed by atoms with Gasteiger partial charge in [-0.2, -0.15) is 0 Å². The predicted octanol–water partition coefficient (Wildman–Crippen LogP) is 2.85. The topological polar surface area (TPSA) is 20.3 Å². The second-order valence-corrected chi connectivity index (χ2v) is 4.62. The molecule has 86 valence electrons. The minimum Gasteiger partial charge on any atom is -0.339 e. The third kappa shape index (κ3) is 2.83. The number of nitrogens with zero attached hydrogens (tertiary/aromatic N) is 1. The summed E-state index contributed by atoms with van der Waals surface area (Å²) in [5.41, 5.74) is 1.02. The van der Waals surface area contributed by atoms with E-state index in [4.69, 9.17) is 0 Å². The summed E-state index contributed by atoms with van der Waals surface area (Å²) in [7, 11) is 0. The van der Waals surface area contributed by atoms with E-state index in [2.05, 4.69) is 33.8 Å². The molecule has 0 aliphatic carbocycles. The lowest BCUT2D eigenvalue weighted by Crippen LogP contribution is -2.32. The van der Waals surface area contributed by atoms with Crippen LogP contribution in [0.25, 0.3) is 0 Å². The maximum absolute atomic E-state index is 12.1. The molecule has 2 heteroatoms. The Morgan fingerprint density at radius 1 is 1.47 bits per heavy atom. The Hall–Kier alpha value is -0.790. The maximum Gasteiger partial charge on any atom is 0.249 e. The molecule has 0 saturated carbocycles. The van der Waals surface area contributed by atoms with Crippen LogP contribution in [-0.2, 0) is 4.79 Å². The molecule has 2 nitrogen and oxygen atoms in total. The molecule has 0 radical (unpaired) electrons. The molecular weight excluding hydrogens is 186 g/mol. The summed E-state index contributed by atoms with van der Waals surface area (Å²) in [6.45, 7) is 10.2. The molecule has 0 aromatic heterocycles. The van der Waals surface area contributed by atoms with Crippen LogP contribution in [0.4, 0.5) is 0 Å². The van der Waals surface area contributed by atoms with Gasteiger partial charge >= 0.3 is 0 Å². The van der Waals surface area contributed by atoms with E-state index in [0.717, 1.165) is 31.5 Å². The van der Waals surface area contributed by atoms with Crippen LogP contribution in [0.2, 0.25) is 0 Å². The first-order chi connectivity index (χ1) is 7.10. The Balaban J connectivity index is 2.92. The number of hydrogen-bond acceptors (Lipinski definition) is 1. The summed E-state index contributed by atoms with van der Waals surface area (Å²) in [6, 6.07) is 0. The van der Waals surface area contributed by atoms with Gasteiger partial charge in [0.15, 0.2) is 0 Å². The van der Waals surface area contributed by atoms with Gasteiger partial charge in [-0.3, -0.25) is 4.79 Å². The molecule has 0 saturated heterocycles. The SMILES string of the molecule is CCC1C=C(C(C)C)C(=O)N(CC)CC1. The van der Waals surface area contributed by atoms with Crippen LogP contribution in [0.3, 0.4) is 0 Å². The number of carbonyl (C=O) groups is 1. The van der Waals surface area contributed by atoms with Crippen LogP contribution in [-0.4, -0.2) is 23.9 Å². The Morgan fingerprint density at radius 2 is 2.13 bits per heavy atom. The fraction of sp³-hybridized carbons (Fsp3) is 0.769. The highest BCUT2D eigenvalue weighted by molar-refractivity contribution is 5.94. The molecule has 0 aromatic rings. The Labute approximate surface area is 93.3 Å². The van der Waals surface area contributed by atoms with Crippen molar-refractivity contribution in [2.24, 2.45) is 11.8 Å². The highest BCUT2D eigenvalue weighted by Crippen LogP contribution is 2.23. The molecule has 0 spiro atoms. The van der Waals surface area contributed by atoms with Crippen LogP contribution in [0.15, 0.2) is 11.6 Å². The van der Waals surface area contributed by atoms with Crippen LogP contribution >= 0.6 is 0 Å². The lowest BCUT2D eigenvalue weighted by molar-refractivity contribution is -0.127. The molecule has 1 heterocycles. The second-order valence-electron chi connectivity index (χ2n) is 4.62. The fourth-order valence-electron chi connectivity index (χ4n) is 2.08. The smallest absolute Gasteiger partial charge is 0.249 e. The standard InChI is InChI=1S/C13H23NO/c1-5-11-7-8-14(6-2)13(15)12(9-11)10(3)4/h9-11H,5-8H2,1-4H3. The van der Waals surface area contributed by atoms with Gasteiger partial charge in [0.05, 0.1) is 0 Å². The van der Waals surface area contributed by atoms with Crippen molar-refractivity contribution in [3.63, 3.8) is 0 Å². The zero-order valence-corrected chi connectivity index (χ0v) is 10.4. The summed E-state index contributed by atoms with van der Waals surface area (Å²) in [5.74, 6) is 1.19. The van der Waals surface area contributed by atoms with E-state index in [1.165, 1.54) is 0 Å². The summed E-state index contributed by atoms with van der Waals surface area (Å²) < 4.78 is 0. The van der Waals surface area contributed by atoms with Crippen molar-refractivity contribution >= 4 is 5.91 Å². The number of amides is 1. The van der Waals surface area contributed by atoms with Crippen LogP contribution in [0, 0.1) is 11.8 Å². The molecule has 0 aromatic carbocycles. The van der Waals surface area contributed by atoms with E-state index in [1.807, 2.05) is 4.90 Å². The van der Waals surface area contributed by atoms with Crippen molar-refractivity contribution in [2.75, 3.05) is 13.1 Å². The highest BCUT2D eigenvalue weighted by Gasteiger charge is 2.24. The minimum atomic E-state index is 0.253. The zero-order valence-electron chi connectivity index (χ0n) is 10.4. The van der Waals surface area contributed by atoms with Crippen LogP contribution < -0.4 is 0 Å². The third-order valence-corrected chi connectivity index (χ3v) is 3.25. The minimum absolute atomic E-state index is 0.253. The molecule has 1 aliphatic heterocycles. The number of hydrogen-bond donors (Lipinski definition) is 0. The van der Waals surface area contributed by atoms with Crippen LogP contribution in [0.1, 0.15) is 40.5 Å². The number of rotatable bonds is 3. The number of carbonyl (C=O) groups excluding carboxylic acids is 1. The lowest BCUT2D eigenvalue weighted by atomic mass is 9.95. The normalized spacial score (nSPS) is 23.0. The molecule has 15 heavy (non-hydrogen) atoms. The van der Waals surface area contributed by atoms with E-state index in [1.54, 1.807) is 0 Å². The predicted molar refractivity (Wildman–Crippen MR) is 63.6 cm³/mol. The van der Waals surface area contributed by atoms with Gasteiger partial charge in [0.25, 0.3) is 0 Å². The van der Waals surface area contributed by atoms with Gasteiger partial charge in [0.2, 0.25) is 5.91 Å². The fourth-order valence-corrected chi connectivity index (χ4v) is 2.08. The largest absolute Gasteiger partial charge is 0.339 e. The van der Waals surface area contributed by atoms with Gasteiger partial charge in [-0.1, -0.05) is 26.8 Å². The van der Waals surface area contributed by atoms with Gasteiger partial charge < -0.3 is 4.90 Å².